The Morgan fingerprint density at radius 2 is 2.20 bits per heavy atom. The van der Waals surface area contributed by atoms with Gasteiger partial charge in [-0.05, 0) is 12.1 Å². The van der Waals surface area contributed by atoms with Crippen molar-refractivity contribution in [1.82, 2.24) is 10.6 Å². The zero-order chi connectivity index (χ0) is 10.8. The Bertz CT molecular complexity index is 367. The topological polar surface area (TPSA) is 44.3 Å². The number of rotatable bonds is 1. The number of phenols is 1. The maximum atomic E-state index is 13.2. The van der Waals surface area contributed by atoms with Crippen LogP contribution in [0.15, 0.2) is 12.1 Å². The maximum absolute atomic E-state index is 13.2. The minimum Gasteiger partial charge on any atom is -0.505 e. The van der Waals surface area contributed by atoms with Crippen LogP contribution in [0.1, 0.15) is 11.6 Å². The Morgan fingerprint density at radius 1 is 1.40 bits per heavy atom. The third-order valence-electron chi connectivity index (χ3n) is 2.50. The molecule has 2 rings (SSSR count). The molecule has 0 aliphatic carbocycles. The van der Waals surface area contributed by atoms with Crippen molar-refractivity contribution in [1.29, 1.82) is 0 Å². The van der Waals surface area contributed by atoms with Crippen LogP contribution in [0.2, 0.25) is 5.02 Å². The molecule has 0 aromatic heterocycles. The first-order chi connectivity index (χ1) is 7.20. The maximum Gasteiger partial charge on any atom is 0.165 e. The highest BCUT2D eigenvalue weighted by atomic mass is 35.5. The summed E-state index contributed by atoms with van der Waals surface area (Å²) in [6.07, 6.45) is 0. The van der Waals surface area contributed by atoms with E-state index >= 15 is 0 Å². The Balaban J connectivity index is 2.36. The third kappa shape index (κ3) is 2.07. The lowest BCUT2D eigenvalue weighted by Crippen LogP contribution is -2.42. The van der Waals surface area contributed by atoms with Gasteiger partial charge in [0, 0.05) is 36.3 Å². The first kappa shape index (κ1) is 10.7. The second-order valence-corrected chi connectivity index (χ2v) is 3.91. The Hall–Kier alpha value is -0.840. The molecular formula is C10H12ClFN2O. The van der Waals surface area contributed by atoms with E-state index in [2.05, 4.69) is 10.6 Å². The van der Waals surface area contributed by atoms with Gasteiger partial charge in [-0.2, -0.15) is 0 Å². The molecule has 0 amide bonds. The number of benzene rings is 1. The molecule has 3 N–H and O–H groups in total. The number of phenolic OH excluding ortho intramolecular Hbond substituents is 1. The molecule has 0 saturated carbocycles. The molecule has 3 nitrogen and oxygen atoms in total. The molecule has 0 bridgehead atoms. The molecule has 1 heterocycles. The van der Waals surface area contributed by atoms with E-state index in [1.165, 1.54) is 6.07 Å². The molecule has 1 aromatic carbocycles. The monoisotopic (exact) mass is 230 g/mol. The summed E-state index contributed by atoms with van der Waals surface area (Å²) in [4.78, 5) is 0. The van der Waals surface area contributed by atoms with E-state index in [1.54, 1.807) is 0 Å². The molecule has 1 fully saturated rings. The first-order valence-electron chi connectivity index (χ1n) is 4.81. The number of halogens is 2. The molecule has 1 aromatic rings. The predicted molar refractivity (Wildman–Crippen MR) is 56.7 cm³/mol. The molecule has 5 heteroatoms. The van der Waals surface area contributed by atoms with Crippen molar-refractivity contribution >= 4 is 11.6 Å². The standard InChI is InChI=1S/C10H12ClFN2O/c11-6-1-2-7(12)10(15)9(6)8-5-13-3-4-14-8/h1-2,8,13-15H,3-5H2/t8-/m1/s1. The van der Waals surface area contributed by atoms with Gasteiger partial charge in [0.2, 0.25) is 0 Å². The fraction of sp³-hybridized carbons (Fsp3) is 0.400. The van der Waals surface area contributed by atoms with Crippen LogP contribution in [-0.4, -0.2) is 24.7 Å². The molecule has 1 atom stereocenters. The smallest absolute Gasteiger partial charge is 0.165 e. The number of hydrogen-bond acceptors (Lipinski definition) is 3. The summed E-state index contributed by atoms with van der Waals surface area (Å²) >= 11 is 5.94. The van der Waals surface area contributed by atoms with E-state index in [9.17, 15) is 9.50 Å². The van der Waals surface area contributed by atoms with Gasteiger partial charge in [-0.1, -0.05) is 11.6 Å². The Morgan fingerprint density at radius 3 is 2.87 bits per heavy atom. The van der Waals surface area contributed by atoms with Crippen LogP contribution < -0.4 is 10.6 Å². The minimum atomic E-state index is -0.637. The van der Waals surface area contributed by atoms with Crippen LogP contribution in [0.4, 0.5) is 4.39 Å². The fourth-order valence-electron chi connectivity index (χ4n) is 1.75. The van der Waals surface area contributed by atoms with E-state index in [0.29, 0.717) is 17.1 Å². The van der Waals surface area contributed by atoms with Crippen molar-refractivity contribution in [2.45, 2.75) is 6.04 Å². The summed E-state index contributed by atoms with van der Waals surface area (Å²) in [5, 5.41) is 16.3. The number of aromatic hydroxyl groups is 1. The summed E-state index contributed by atoms with van der Waals surface area (Å²) in [5.41, 5.74) is 0.434. The third-order valence-corrected chi connectivity index (χ3v) is 2.83. The number of piperazine rings is 1. The van der Waals surface area contributed by atoms with E-state index in [4.69, 9.17) is 11.6 Å². The molecule has 0 radical (unpaired) electrons. The van der Waals surface area contributed by atoms with Crippen molar-refractivity contribution < 1.29 is 9.50 Å². The van der Waals surface area contributed by atoms with Gasteiger partial charge in [0.05, 0.1) is 0 Å². The van der Waals surface area contributed by atoms with E-state index in [0.717, 1.165) is 19.2 Å². The van der Waals surface area contributed by atoms with E-state index in [-0.39, 0.29) is 11.8 Å². The number of nitrogens with one attached hydrogen (secondary N) is 2. The van der Waals surface area contributed by atoms with Gasteiger partial charge in [0.1, 0.15) is 0 Å². The van der Waals surface area contributed by atoms with Crippen LogP contribution in [0.3, 0.4) is 0 Å². The Kier molecular flexibility index (Phi) is 3.09. The van der Waals surface area contributed by atoms with Crippen molar-refractivity contribution in [2.75, 3.05) is 19.6 Å². The minimum absolute atomic E-state index is 0.137. The summed E-state index contributed by atoms with van der Waals surface area (Å²) < 4.78 is 13.2. The Labute approximate surface area is 92.2 Å². The molecular weight excluding hydrogens is 219 g/mol. The lowest BCUT2D eigenvalue weighted by atomic mass is 10.0. The van der Waals surface area contributed by atoms with Crippen molar-refractivity contribution in [3.8, 4) is 5.75 Å². The lowest BCUT2D eigenvalue weighted by molar-refractivity contribution is 0.387. The van der Waals surface area contributed by atoms with Crippen LogP contribution in [0, 0.1) is 5.82 Å². The largest absolute Gasteiger partial charge is 0.505 e. The van der Waals surface area contributed by atoms with Gasteiger partial charge in [0.25, 0.3) is 0 Å². The van der Waals surface area contributed by atoms with Gasteiger partial charge in [-0.3, -0.25) is 0 Å². The summed E-state index contributed by atoms with van der Waals surface area (Å²) in [6, 6.07) is 2.49. The zero-order valence-electron chi connectivity index (χ0n) is 8.06. The van der Waals surface area contributed by atoms with E-state index in [1.807, 2.05) is 0 Å². The highest BCUT2D eigenvalue weighted by molar-refractivity contribution is 6.31. The molecule has 1 saturated heterocycles. The molecule has 0 unspecified atom stereocenters. The molecule has 82 valence electrons. The van der Waals surface area contributed by atoms with Crippen LogP contribution in [0.25, 0.3) is 0 Å². The molecule has 1 aliphatic rings. The molecule has 15 heavy (non-hydrogen) atoms. The van der Waals surface area contributed by atoms with Crippen molar-refractivity contribution in [2.24, 2.45) is 0 Å². The van der Waals surface area contributed by atoms with Gasteiger partial charge in [-0.25, -0.2) is 4.39 Å². The molecule has 1 aliphatic heterocycles. The highest BCUT2D eigenvalue weighted by Crippen LogP contribution is 2.33. The highest BCUT2D eigenvalue weighted by Gasteiger charge is 2.22. The molecule has 0 spiro atoms. The van der Waals surface area contributed by atoms with Gasteiger partial charge in [-0.15, -0.1) is 0 Å². The van der Waals surface area contributed by atoms with Crippen LogP contribution in [-0.2, 0) is 0 Å². The van der Waals surface area contributed by atoms with Gasteiger partial charge >= 0.3 is 0 Å². The average molecular weight is 231 g/mol. The predicted octanol–water partition coefficient (Wildman–Crippen LogP) is 1.42. The van der Waals surface area contributed by atoms with Crippen LogP contribution in [0.5, 0.6) is 5.75 Å². The summed E-state index contributed by atoms with van der Waals surface area (Å²) in [6.45, 7) is 2.28. The summed E-state index contributed by atoms with van der Waals surface area (Å²) in [5.74, 6) is -0.995. The SMILES string of the molecule is Oc1c(F)ccc(Cl)c1[C@H]1CNCCN1. The normalized spacial score (nSPS) is 21.6. The average Bonchev–Trinajstić information content (AvgIpc) is 2.26. The quantitative estimate of drug-likeness (QED) is 0.684. The second kappa shape index (κ2) is 4.35. The number of hydrogen-bond donors (Lipinski definition) is 3. The van der Waals surface area contributed by atoms with Crippen molar-refractivity contribution in [3.05, 3.63) is 28.5 Å². The fourth-order valence-corrected chi connectivity index (χ4v) is 2.03. The first-order valence-corrected chi connectivity index (χ1v) is 5.19. The lowest BCUT2D eigenvalue weighted by Gasteiger charge is -2.26. The van der Waals surface area contributed by atoms with Gasteiger partial charge < -0.3 is 15.7 Å². The summed E-state index contributed by atoms with van der Waals surface area (Å²) in [7, 11) is 0. The van der Waals surface area contributed by atoms with E-state index < -0.39 is 5.82 Å². The van der Waals surface area contributed by atoms with Gasteiger partial charge in [0.15, 0.2) is 11.6 Å². The zero-order valence-corrected chi connectivity index (χ0v) is 8.81. The van der Waals surface area contributed by atoms with Crippen molar-refractivity contribution in [3.63, 3.8) is 0 Å². The second-order valence-electron chi connectivity index (χ2n) is 3.50. The van der Waals surface area contributed by atoms with Crippen LogP contribution >= 0.6 is 11.6 Å².